The average Bonchev–Trinajstić information content (AvgIpc) is 2.36. The molecule has 0 saturated heterocycles. The molecule has 1 aromatic rings. The highest BCUT2D eigenvalue weighted by molar-refractivity contribution is 6.72. The largest absolute Gasteiger partial charge is 0.478 e. The summed E-state index contributed by atoms with van der Waals surface area (Å²) in [5.74, 6) is 0.713. The van der Waals surface area contributed by atoms with Crippen LogP contribution in [-0.4, -0.2) is 30.5 Å². The number of carbonyl (C=O) groups is 1. The molecule has 0 amide bonds. The van der Waals surface area contributed by atoms with Gasteiger partial charge >= 0.3 is 0 Å². The number of rotatable bonds is 9. The summed E-state index contributed by atoms with van der Waals surface area (Å²) < 4.78 is 5.66. The van der Waals surface area contributed by atoms with Crippen LogP contribution < -0.4 is 4.74 Å². The van der Waals surface area contributed by atoms with Crippen LogP contribution in [0.3, 0.4) is 0 Å². The lowest BCUT2D eigenvalue weighted by Crippen LogP contribution is -2.38. The maximum atomic E-state index is 11.1. The molecular formula is C17H29NO3Si. The van der Waals surface area contributed by atoms with Crippen molar-refractivity contribution in [1.29, 1.82) is 0 Å². The van der Waals surface area contributed by atoms with Gasteiger partial charge in [0.1, 0.15) is 5.78 Å². The Morgan fingerprint density at radius 1 is 1.36 bits per heavy atom. The molecule has 0 unspecified atom stereocenters. The number of ether oxygens (including phenoxy) is 1. The van der Waals surface area contributed by atoms with Gasteiger partial charge in [0.25, 0.3) is 0 Å². The number of pyridine rings is 1. The molecule has 0 aliphatic heterocycles. The lowest BCUT2D eigenvalue weighted by Gasteiger charge is -2.35. The van der Waals surface area contributed by atoms with Crippen LogP contribution in [0.4, 0.5) is 0 Å². The monoisotopic (exact) mass is 323 g/mol. The first-order valence-corrected chi connectivity index (χ1v) is 10.9. The molecule has 1 heterocycles. The van der Waals surface area contributed by atoms with Crippen molar-refractivity contribution in [2.24, 2.45) is 0 Å². The van der Waals surface area contributed by atoms with Crippen molar-refractivity contribution in [2.75, 3.05) is 6.61 Å². The summed E-state index contributed by atoms with van der Waals surface area (Å²) in [6.45, 7) is 10.5. The molecule has 1 rings (SSSR count). The molecule has 0 aromatic carbocycles. The van der Waals surface area contributed by atoms with Crippen LogP contribution in [0, 0.1) is 0 Å². The van der Waals surface area contributed by atoms with Gasteiger partial charge in [0.05, 0.1) is 6.61 Å². The first kappa shape index (κ1) is 18.8. The Labute approximate surface area is 135 Å². The summed E-state index contributed by atoms with van der Waals surface area (Å²) in [5, 5.41) is 0.0205. The highest BCUT2D eigenvalue weighted by Gasteiger charge is 2.37. The van der Waals surface area contributed by atoms with Crippen LogP contribution in [0.2, 0.25) is 18.1 Å². The fraction of sp³-hybridized carbons (Fsp3) is 0.647. The topological polar surface area (TPSA) is 59.4 Å². The van der Waals surface area contributed by atoms with E-state index >= 15 is 0 Å². The number of ketones is 1. The van der Waals surface area contributed by atoms with E-state index in [0.717, 1.165) is 24.8 Å². The second kappa shape index (κ2) is 7.88. The molecule has 0 aliphatic carbocycles. The summed E-state index contributed by atoms with van der Waals surface area (Å²) in [4.78, 5) is 25.5. The van der Waals surface area contributed by atoms with E-state index in [4.69, 9.17) is 4.74 Å². The third kappa shape index (κ3) is 6.28. The van der Waals surface area contributed by atoms with Gasteiger partial charge in [0.15, 0.2) is 8.32 Å². The number of aromatic nitrogens is 1. The summed E-state index contributed by atoms with van der Waals surface area (Å²) in [6.07, 6.45) is 5.06. The van der Waals surface area contributed by atoms with Crippen molar-refractivity contribution in [2.45, 2.75) is 64.6 Å². The van der Waals surface area contributed by atoms with E-state index in [9.17, 15) is 9.59 Å². The zero-order valence-corrected chi connectivity index (χ0v) is 15.5. The van der Waals surface area contributed by atoms with Crippen molar-refractivity contribution in [1.82, 2.24) is 4.98 Å². The van der Waals surface area contributed by atoms with E-state index in [0.29, 0.717) is 18.9 Å². The van der Waals surface area contributed by atoms with Gasteiger partial charge in [0.2, 0.25) is 5.88 Å². The predicted octanol–water partition coefficient (Wildman–Crippen LogP) is 3.74. The van der Waals surface area contributed by atoms with Gasteiger partial charge in [-0.05, 0) is 55.9 Å². The Hall–Kier alpha value is -1.20. The smallest absolute Gasteiger partial charge is 0.213 e. The van der Waals surface area contributed by atoms with Gasteiger partial charge in [-0.25, -0.2) is 4.98 Å². The second-order valence-electron chi connectivity index (χ2n) is 7.13. The predicted molar refractivity (Wildman–Crippen MR) is 91.7 cm³/mol. The Morgan fingerprint density at radius 3 is 2.64 bits per heavy atom. The Balaban J connectivity index is 2.35. The lowest BCUT2D eigenvalue weighted by atomic mass is 10.1. The molecule has 0 spiro atoms. The van der Waals surface area contributed by atoms with Crippen LogP contribution in [0.1, 0.15) is 45.6 Å². The van der Waals surface area contributed by atoms with E-state index in [-0.39, 0.29) is 10.8 Å². The number of carbonyl (C=O) groups excluding carboxylic acids is 1. The van der Waals surface area contributed by atoms with E-state index in [1.54, 1.807) is 13.1 Å². The van der Waals surface area contributed by atoms with Gasteiger partial charge in [-0.2, -0.15) is 0 Å². The van der Waals surface area contributed by atoms with Gasteiger partial charge < -0.3 is 9.53 Å². The van der Waals surface area contributed by atoms with Gasteiger partial charge in [-0.3, -0.25) is 4.79 Å². The first-order valence-electron chi connectivity index (χ1n) is 7.91. The molecular weight excluding hydrogens is 294 g/mol. The van der Waals surface area contributed by atoms with E-state index < -0.39 is 8.32 Å². The number of Topliss-reactive ketones (excluding diaryl/α,β-unsaturated/α-hetero) is 1. The standard InChI is InChI=1S/C17H29NO3Si/c1-14(19)12-15-8-10-18-16(13-15)21-11-7-6-9-17(2,3)22(4,5)20/h8,10,13,20H,6-7,9,11-12H2,1-5H3. The number of nitrogens with zero attached hydrogens (tertiary/aromatic N) is 1. The molecule has 4 nitrogen and oxygen atoms in total. The fourth-order valence-corrected chi connectivity index (χ4v) is 2.87. The molecule has 0 saturated carbocycles. The molecule has 0 atom stereocenters. The second-order valence-corrected chi connectivity index (χ2v) is 11.6. The molecule has 0 fully saturated rings. The van der Waals surface area contributed by atoms with Crippen LogP contribution >= 0.6 is 0 Å². The zero-order valence-electron chi connectivity index (χ0n) is 14.5. The van der Waals surface area contributed by atoms with E-state index in [2.05, 4.69) is 18.8 Å². The fourth-order valence-electron chi connectivity index (χ4n) is 2.08. The lowest BCUT2D eigenvalue weighted by molar-refractivity contribution is -0.116. The highest BCUT2D eigenvalue weighted by atomic mass is 28.4. The molecule has 5 heteroatoms. The molecule has 22 heavy (non-hydrogen) atoms. The third-order valence-electron chi connectivity index (χ3n) is 4.35. The first-order chi connectivity index (χ1) is 10.1. The normalized spacial score (nSPS) is 12.3. The zero-order chi connectivity index (χ0) is 16.8. The summed E-state index contributed by atoms with van der Waals surface area (Å²) >= 11 is 0. The Bertz CT molecular complexity index is 495. The minimum atomic E-state index is -2.12. The van der Waals surface area contributed by atoms with E-state index in [1.807, 2.05) is 25.2 Å². The van der Waals surface area contributed by atoms with Crippen molar-refractivity contribution < 1.29 is 14.3 Å². The Kier molecular flexibility index (Phi) is 6.75. The number of hydrogen-bond acceptors (Lipinski definition) is 4. The van der Waals surface area contributed by atoms with Crippen LogP contribution in [0.25, 0.3) is 0 Å². The third-order valence-corrected chi connectivity index (χ3v) is 7.92. The average molecular weight is 324 g/mol. The van der Waals surface area contributed by atoms with Crippen molar-refractivity contribution in [3.05, 3.63) is 23.9 Å². The molecule has 1 N–H and O–H groups in total. The van der Waals surface area contributed by atoms with Crippen molar-refractivity contribution in [3.63, 3.8) is 0 Å². The van der Waals surface area contributed by atoms with Crippen LogP contribution in [0.5, 0.6) is 5.88 Å². The van der Waals surface area contributed by atoms with Crippen LogP contribution in [0.15, 0.2) is 18.3 Å². The maximum Gasteiger partial charge on any atom is 0.213 e. The number of unbranched alkanes of at least 4 members (excludes halogenated alkanes) is 1. The summed E-state index contributed by atoms with van der Waals surface area (Å²) in [5.41, 5.74) is 0.937. The molecule has 1 aromatic heterocycles. The van der Waals surface area contributed by atoms with Crippen molar-refractivity contribution >= 4 is 14.1 Å². The highest BCUT2D eigenvalue weighted by Crippen LogP contribution is 2.40. The molecule has 124 valence electrons. The van der Waals surface area contributed by atoms with Gasteiger partial charge in [-0.1, -0.05) is 13.8 Å². The molecule has 0 aliphatic rings. The quantitative estimate of drug-likeness (QED) is 0.555. The van der Waals surface area contributed by atoms with E-state index in [1.165, 1.54) is 0 Å². The van der Waals surface area contributed by atoms with Gasteiger partial charge in [0, 0.05) is 18.7 Å². The molecule has 0 radical (unpaired) electrons. The summed E-state index contributed by atoms with van der Waals surface area (Å²) in [7, 11) is -2.12. The van der Waals surface area contributed by atoms with Gasteiger partial charge in [-0.15, -0.1) is 0 Å². The number of hydrogen-bond donors (Lipinski definition) is 1. The Morgan fingerprint density at radius 2 is 2.05 bits per heavy atom. The SMILES string of the molecule is CC(=O)Cc1ccnc(OCCCCC(C)(C)[Si](C)(C)O)c1. The summed E-state index contributed by atoms with van der Waals surface area (Å²) in [6, 6.07) is 3.67. The molecule has 0 bridgehead atoms. The minimum absolute atomic E-state index is 0.0205. The van der Waals surface area contributed by atoms with Crippen molar-refractivity contribution in [3.8, 4) is 5.88 Å². The van der Waals surface area contributed by atoms with Crippen LogP contribution in [-0.2, 0) is 11.2 Å². The minimum Gasteiger partial charge on any atom is -0.478 e. The maximum absolute atomic E-state index is 11.1.